The summed E-state index contributed by atoms with van der Waals surface area (Å²) in [7, 11) is 0. The highest BCUT2D eigenvalue weighted by Gasteiger charge is 2.21. The van der Waals surface area contributed by atoms with Crippen molar-refractivity contribution in [1.82, 2.24) is 5.32 Å². The van der Waals surface area contributed by atoms with Crippen LogP contribution in [-0.4, -0.2) is 30.9 Å². The summed E-state index contributed by atoms with van der Waals surface area (Å²) >= 11 is 6.12. The molecule has 1 saturated heterocycles. The van der Waals surface area contributed by atoms with Gasteiger partial charge in [-0.05, 0) is 56.5 Å². The number of rotatable bonds is 6. The average molecular weight is 400 g/mol. The lowest BCUT2D eigenvalue weighted by molar-refractivity contribution is 0.0938. The Morgan fingerprint density at radius 2 is 1.79 bits per heavy atom. The van der Waals surface area contributed by atoms with E-state index in [2.05, 4.69) is 15.5 Å². The van der Waals surface area contributed by atoms with Crippen LogP contribution in [0.5, 0.6) is 0 Å². The number of hydrogen-bond acceptors (Lipinski definition) is 3. The molecule has 1 aliphatic rings. The van der Waals surface area contributed by atoms with Crippen molar-refractivity contribution in [3.63, 3.8) is 0 Å². The molecule has 1 fully saturated rings. The van der Waals surface area contributed by atoms with Gasteiger partial charge in [-0.15, -0.1) is 0 Å². The monoisotopic (exact) mass is 399 g/mol. The maximum Gasteiger partial charge on any atom is 0.257 e. The first-order valence-electron chi connectivity index (χ1n) is 9.75. The summed E-state index contributed by atoms with van der Waals surface area (Å²) in [4.78, 5) is 27.7. The smallest absolute Gasteiger partial charge is 0.257 e. The summed E-state index contributed by atoms with van der Waals surface area (Å²) in [6.07, 6.45) is 3.10. The quantitative estimate of drug-likeness (QED) is 0.738. The lowest BCUT2D eigenvalue weighted by atomic mass is 10.1. The van der Waals surface area contributed by atoms with Gasteiger partial charge >= 0.3 is 0 Å². The van der Waals surface area contributed by atoms with Crippen LogP contribution in [0.3, 0.4) is 0 Å². The van der Waals surface area contributed by atoms with E-state index in [4.69, 9.17) is 11.6 Å². The van der Waals surface area contributed by atoms with E-state index in [1.54, 1.807) is 30.3 Å². The number of amides is 2. The molecule has 0 spiro atoms. The third kappa shape index (κ3) is 4.65. The zero-order valence-corrected chi connectivity index (χ0v) is 17.1. The fourth-order valence-electron chi connectivity index (χ4n) is 3.28. The van der Waals surface area contributed by atoms with Gasteiger partial charge in [0.15, 0.2) is 0 Å². The number of halogens is 1. The second-order valence-corrected chi connectivity index (χ2v) is 7.55. The van der Waals surface area contributed by atoms with Crippen molar-refractivity contribution in [3.8, 4) is 0 Å². The molecule has 6 heteroatoms. The van der Waals surface area contributed by atoms with Crippen LogP contribution >= 0.6 is 11.6 Å². The minimum atomic E-state index is -0.298. The molecule has 0 saturated carbocycles. The molecule has 0 aromatic heterocycles. The minimum absolute atomic E-state index is 0.0836. The summed E-state index contributed by atoms with van der Waals surface area (Å²) in [6, 6.07) is 12.5. The minimum Gasteiger partial charge on any atom is -0.371 e. The van der Waals surface area contributed by atoms with Gasteiger partial charge in [0.25, 0.3) is 11.8 Å². The number of benzene rings is 2. The van der Waals surface area contributed by atoms with Crippen LogP contribution in [0.25, 0.3) is 0 Å². The van der Waals surface area contributed by atoms with Crippen molar-refractivity contribution in [2.45, 2.75) is 39.2 Å². The Morgan fingerprint density at radius 3 is 2.46 bits per heavy atom. The van der Waals surface area contributed by atoms with Crippen LogP contribution in [0.1, 0.15) is 53.8 Å². The number of nitrogens with one attached hydrogen (secondary N) is 2. The number of nitrogens with zero attached hydrogens (tertiary/aromatic N) is 1. The number of hydrogen-bond donors (Lipinski definition) is 2. The van der Waals surface area contributed by atoms with Crippen LogP contribution in [0.2, 0.25) is 5.02 Å². The molecule has 3 rings (SSSR count). The molecule has 2 aromatic rings. The van der Waals surface area contributed by atoms with Gasteiger partial charge in [0.05, 0.1) is 16.1 Å². The third-order valence-electron chi connectivity index (χ3n) is 5.05. The van der Waals surface area contributed by atoms with E-state index in [0.29, 0.717) is 21.8 Å². The predicted octanol–water partition coefficient (Wildman–Crippen LogP) is 4.72. The zero-order valence-electron chi connectivity index (χ0n) is 16.3. The first kappa shape index (κ1) is 20.2. The van der Waals surface area contributed by atoms with E-state index in [0.717, 1.165) is 38.0 Å². The van der Waals surface area contributed by atoms with Crippen molar-refractivity contribution in [2.75, 3.05) is 23.3 Å². The Balaban J connectivity index is 1.88. The maximum absolute atomic E-state index is 12.9. The Kier molecular flexibility index (Phi) is 6.57. The van der Waals surface area contributed by atoms with E-state index < -0.39 is 0 Å². The van der Waals surface area contributed by atoms with Gasteiger partial charge in [0.1, 0.15) is 0 Å². The normalized spacial score (nSPS) is 14.6. The maximum atomic E-state index is 12.9. The van der Waals surface area contributed by atoms with Crippen LogP contribution in [0.4, 0.5) is 11.4 Å². The molecule has 1 heterocycles. The average Bonchev–Trinajstić information content (AvgIpc) is 3.22. The molecule has 0 aliphatic carbocycles. The fraction of sp³-hybridized carbons (Fsp3) is 0.364. The third-order valence-corrected chi connectivity index (χ3v) is 5.38. The van der Waals surface area contributed by atoms with E-state index in [1.807, 2.05) is 26.0 Å². The molecule has 1 atom stereocenters. The number of carbonyl (C=O) groups excluding carboxylic acids is 2. The summed E-state index contributed by atoms with van der Waals surface area (Å²) in [5.41, 5.74) is 2.47. The largest absolute Gasteiger partial charge is 0.371 e. The lowest BCUT2D eigenvalue weighted by Crippen LogP contribution is -2.33. The highest BCUT2D eigenvalue weighted by molar-refractivity contribution is 6.34. The second kappa shape index (κ2) is 9.11. The van der Waals surface area contributed by atoms with Crippen molar-refractivity contribution >= 4 is 34.8 Å². The topological polar surface area (TPSA) is 61.4 Å². The van der Waals surface area contributed by atoms with Crippen molar-refractivity contribution in [2.24, 2.45) is 0 Å². The first-order chi connectivity index (χ1) is 13.5. The molecule has 5 nitrogen and oxygen atoms in total. The van der Waals surface area contributed by atoms with Gasteiger partial charge < -0.3 is 15.5 Å². The van der Waals surface area contributed by atoms with Crippen molar-refractivity contribution in [3.05, 3.63) is 58.6 Å². The molecule has 2 amide bonds. The van der Waals surface area contributed by atoms with Crippen LogP contribution in [-0.2, 0) is 0 Å². The molecule has 0 unspecified atom stereocenters. The fourth-order valence-corrected chi connectivity index (χ4v) is 3.50. The highest BCUT2D eigenvalue weighted by Crippen LogP contribution is 2.28. The Labute approximate surface area is 171 Å². The van der Waals surface area contributed by atoms with Crippen LogP contribution in [0.15, 0.2) is 42.5 Å². The van der Waals surface area contributed by atoms with Gasteiger partial charge in [-0.1, -0.05) is 30.7 Å². The Bertz CT molecular complexity index is 863. The Hall–Kier alpha value is -2.53. The van der Waals surface area contributed by atoms with E-state index >= 15 is 0 Å². The van der Waals surface area contributed by atoms with Gasteiger partial charge in [-0.3, -0.25) is 9.59 Å². The lowest BCUT2D eigenvalue weighted by Gasteiger charge is -2.23. The molecule has 0 radical (unpaired) electrons. The highest BCUT2D eigenvalue weighted by atomic mass is 35.5. The standard InChI is InChI=1S/C22H26ClN3O2/c1-3-15(2)24-22(28)18-14-16(10-11-20(18)26-12-6-7-13-26)25-21(27)17-8-4-5-9-19(17)23/h4-5,8-11,14-15H,3,6-7,12-13H2,1-2H3,(H,24,28)(H,25,27)/t15-/m1/s1. The number of carbonyl (C=O) groups is 2. The first-order valence-corrected chi connectivity index (χ1v) is 10.1. The van der Waals surface area contributed by atoms with Crippen LogP contribution in [0, 0.1) is 0 Å². The van der Waals surface area contributed by atoms with Crippen LogP contribution < -0.4 is 15.5 Å². The molecule has 28 heavy (non-hydrogen) atoms. The van der Waals surface area contributed by atoms with Crippen molar-refractivity contribution in [1.29, 1.82) is 0 Å². The van der Waals surface area contributed by atoms with Gasteiger partial charge in [-0.25, -0.2) is 0 Å². The van der Waals surface area contributed by atoms with Crippen molar-refractivity contribution < 1.29 is 9.59 Å². The van der Waals surface area contributed by atoms with Gasteiger partial charge in [0, 0.05) is 30.5 Å². The molecule has 2 aromatic carbocycles. The SMILES string of the molecule is CC[C@@H](C)NC(=O)c1cc(NC(=O)c2ccccc2Cl)ccc1N1CCCC1. The molecular weight excluding hydrogens is 374 g/mol. The summed E-state index contributed by atoms with van der Waals surface area (Å²) in [6.45, 7) is 5.90. The summed E-state index contributed by atoms with van der Waals surface area (Å²) < 4.78 is 0. The predicted molar refractivity (Wildman–Crippen MR) is 115 cm³/mol. The molecule has 2 N–H and O–H groups in total. The van der Waals surface area contributed by atoms with Gasteiger partial charge in [0.2, 0.25) is 0 Å². The molecular formula is C22H26ClN3O2. The van der Waals surface area contributed by atoms with E-state index in [1.165, 1.54) is 0 Å². The second-order valence-electron chi connectivity index (χ2n) is 7.14. The van der Waals surface area contributed by atoms with Gasteiger partial charge in [-0.2, -0.15) is 0 Å². The summed E-state index contributed by atoms with van der Waals surface area (Å²) in [5.74, 6) is -0.419. The number of anilines is 2. The summed E-state index contributed by atoms with van der Waals surface area (Å²) in [5, 5.41) is 6.28. The van der Waals surface area contributed by atoms with E-state index in [-0.39, 0.29) is 17.9 Å². The Morgan fingerprint density at radius 1 is 1.07 bits per heavy atom. The molecule has 148 valence electrons. The van der Waals surface area contributed by atoms with E-state index in [9.17, 15) is 9.59 Å². The molecule has 0 bridgehead atoms. The zero-order chi connectivity index (χ0) is 20.1. The molecule has 1 aliphatic heterocycles.